The minimum atomic E-state index is -3.67. The van der Waals surface area contributed by atoms with Gasteiger partial charge in [-0.25, -0.2) is 17.9 Å². The number of urea groups is 1. The normalized spacial score (nSPS) is 25.8. The van der Waals surface area contributed by atoms with Crippen molar-refractivity contribution in [3.05, 3.63) is 23.1 Å². The van der Waals surface area contributed by atoms with Crippen molar-refractivity contribution in [3.8, 4) is 0 Å². The molecule has 1 fully saturated rings. The molecule has 0 radical (unpaired) electrons. The van der Waals surface area contributed by atoms with Crippen molar-refractivity contribution in [2.24, 2.45) is 5.92 Å². The standard InChI is InChI=1S/C16H22N3O4S/c1-18-14-9-8-12(10-13(14)15(20)19(2)16(18)21)24(22,23)17-11-6-4-3-5-7-11/h8-11,13,17H,3-7H2,1-2H3/q+1. The number of hydrogen-bond donors (Lipinski definition) is 1. The van der Waals surface area contributed by atoms with E-state index in [1.165, 1.54) is 23.8 Å². The molecule has 0 aromatic heterocycles. The van der Waals surface area contributed by atoms with E-state index in [0.29, 0.717) is 5.71 Å². The van der Waals surface area contributed by atoms with E-state index in [1.807, 2.05) is 0 Å². The Balaban J connectivity index is 1.88. The van der Waals surface area contributed by atoms with Gasteiger partial charge in [0.15, 0.2) is 0 Å². The number of hydrogen-bond acceptors (Lipinski definition) is 4. The summed E-state index contributed by atoms with van der Waals surface area (Å²) in [5.41, 5.74) is 0.500. The fourth-order valence-electron chi connectivity index (χ4n) is 3.42. The molecule has 1 aliphatic heterocycles. The lowest BCUT2D eigenvalue weighted by Gasteiger charge is -2.26. The van der Waals surface area contributed by atoms with E-state index < -0.39 is 27.9 Å². The van der Waals surface area contributed by atoms with Crippen molar-refractivity contribution < 1.29 is 22.6 Å². The van der Waals surface area contributed by atoms with Crippen LogP contribution in [0.1, 0.15) is 32.1 Å². The van der Waals surface area contributed by atoms with Crippen LogP contribution in [0.2, 0.25) is 0 Å². The van der Waals surface area contributed by atoms with Gasteiger partial charge in [-0.2, -0.15) is 14.3 Å². The molecule has 0 aromatic carbocycles. The van der Waals surface area contributed by atoms with Gasteiger partial charge in [0.25, 0.3) is 0 Å². The highest BCUT2D eigenvalue weighted by Gasteiger charge is 2.44. The maximum absolute atomic E-state index is 12.6. The van der Waals surface area contributed by atoms with Crippen molar-refractivity contribution in [3.63, 3.8) is 0 Å². The topological polar surface area (TPSA) is 86.6 Å². The molecule has 3 amide bonds. The van der Waals surface area contributed by atoms with E-state index >= 15 is 0 Å². The molecule has 1 saturated carbocycles. The zero-order valence-corrected chi connectivity index (χ0v) is 14.7. The average Bonchev–Trinajstić information content (AvgIpc) is 2.58. The number of carbonyl (C=O) groups excluding carboxylic acids is 2. The molecule has 3 aliphatic rings. The van der Waals surface area contributed by atoms with Crippen molar-refractivity contribution in [1.29, 1.82) is 0 Å². The predicted molar refractivity (Wildman–Crippen MR) is 89.0 cm³/mol. The van der Waals surface area contributed by atoms with Crippen LogP contribution in [0.5, 0.6) is 0 Å². The predicted octanol–water partition coefficient (Wildman–Crippen LogP) is 0.984. The minimum absolute atomic E-state index is 0.0441. The van der Waals surface area contributed by atoms with Crippen LogP contribution in [0.4, 0.5) is 4.79 Å². The number of nitrogens with zero attached hydrogens (tertiary/aromatic N) is 2. The summed E-state index contributed by atoms with van der Waals surface area (Å²) >= 11 is 0. The second-order valence-electron chi connectivity index (χ2n) is 6.50. The van der Waals surface area contributed by atoms with Crippen LogP contribution in [0.25, 0.3) is 0 Å². The summed E-state index contributed by atoms with van der Waals surface area (Å²) in [6.07, 6.45) is 9.32. The van der Waals surface area contributed by atoms with Gasteiger partial charge in [0, 0.05) is 6.04 Å². The highest BCUT2D eigenvalue weighted by molar-refractivity contribution is 7.93. The second kappa shape index (κ2) is 6.25. The zero-order valence-electron chi connectivity index (χ0n) is 13.9. The third-order valence-electron chi connectivity index (χ3n) is 4.86. The fourth-order valence-corrected chi connectivity index (χ4v) is 4.79. The van der Waals surface area contributed by atoms with Gasteiger partial charge in [0.2, 0.25) is 10.0 Å². The van der Waals surface area contributed by atoms with E-state index in [2.05, 4.69) is 4.72 Å². The van der Waals surface area contributed by atoms with Crippen LogP contribution in [0, 0.1) is 5.92 Å². The first-order valence-electron chi connectivity index (χ1n) is 8.15. The van der Waals surface area contributed by atoms with Crippen LogP contribution in [-0.2, 0) is 14.8 Å². The van der Waals surface area contributed by atoms with E-state index in [1.54, 1.807) is 13.1 Å². The molecule has 2 aliphatic carbocycles. The monoisotopic (exact) mass is 352 g/mol. The molecule has 1 N–H and O–H groups in total. The Morgan fingerprint density at radius 3 is 2.50 bits per heavy atom. The molecule has 130 valence electrons. The highest BCUT2D eigenvalue weighted by atomic mass is 32.2. The van der Waals surface area contributed by atoms with Crippen LogP contribution in [0.3, 0.4) is 0 Å². The van der Waals surface area contributed by atoms with E-state index in [4.69, 9.17) is 0 Å². The number of fused-ring (bicyclic) bond motifs is 1. The number of carbonyl (C=O) groups is 2. The molecular weight excluding hydrogens is 330 g/mol. The Bertz CT molecular complexity index is 773. The first-order valence-corrected chi connectivity index (χ1v) is 9.64. The van der Waals surface area contributed by atoms with E-state index in [-0.39, 0.29) is 10.9 Å². The fraction of sp³-hybridized carbons (Fsp3) is 0.562. The van der Waals surface area contributed by atoms with E-state index in [9.17, 15) is 18.0 Å². The quantitative estimate of drug-likeness (QED) is 0.767. The molecule has 0 bridgehead atoms. The molecule has 24 heavy (non-hydrogen) atoms. The Morgan fingerprint density at radius 1 is 1.17 bits per heavy atom. The minimum Gasteiger partial charge on any atom is -0.245 e. The second-order valence-corrected chi connectivity index (χ2v) is 8.21. The molecule has 1 heterocycles. The summed E-state index contributed by atoms with van der Waals surface area (Å²) in [7, 11) is -0.692. The number of sulfonamides is 1. The summed E-state index contributed by atoms with van der Waals surface area (Å²) in [5, 5.41) is 0. The first-order chi connectivity index (χ1) is 11.3. The Kier molecular flexibility index (Phi) is 4.44. The molecular formula is C16H22N3O4S+. The largest absolute Gasteiger partial charge is 0.500 e. The van der Waals surface area contributed by atoms with Gasteiger partial charge in [-0.05, 0) is 31.1 Å². The molecule has 3 rings (SSSR count). The molecule has 7 nitrogen and oxygen atoms in total. The molecule has 0 saturated heterocycles. The van der Waals surface area contributed by atoms with Crippen LogP contribution < -0.4 is 4.72 Å². The number of amides is 3. The number of nitrogens with one attached hydrogen (secondary N) is 1. The van der Waals surface area contributed by atoms with Crippen LogP contribution in [-0.4, -0.2) is 55.7 Å². The van der Waals surface area contributed by atoms with Gasteiger partial charge < -0.3 is 0 Å². The summed E-state index contributed by atoms with van der Waals surface area (Å²) in [6.45, 7) is 0. The molecule has 1 unspecified atom stereocenters. The molecule has 0 spiro atoms. The maximum atomic E-state index is 12.6. The van der Waals surface area contributed by atoms with Crippen molar-refractivity contribution in [2.45, 2.75) is 38.1 Å². The van der Waals surface area contributed by atoms with Crippen LogP contribution >= 0.6 is 0 Å². The number of rotatable bonds is 3. The molecule has 1 atom stereocenters. The lowest BCUT2D eigenvalue weighted by molar-refractivity contribution is -0.405. The first kappa shape index (κ1) is 17.0. The average molecular weight is 352 g/mol. The Labute approximate surface area is 141 Å². The van der Waals surface area contributed by atoms with Crippen molar-refractivity contribution >= 4 is 27.7 Å². The maximum Gasteiger partial charge on any atom is 0.500 e. The lowest BCUT2D eigenvalue weighted by atomic mass is 9.95. The molecule has 0 aromatic rings. The smallest absolute Gasteiger partial charge is 0.245 e. The Hall–Kier alpha value is -1.80. The van der Waals surface area contributed by atoms with Crippen molar-refractivity contribution in [1.82, 2.24) is 9.62 Å². The summed E-state index contributed by atoms with van der Waals surface area (Å²) < 4.78 is 29.4. The SMILES string of the molecule is CN1C(=O)C2C=C(S(=O)(=O)NC3CCCCC3)C=CC2=[N+](C)C1=O. The van der Waals surface area contributed by atoms with Gasteiger partial charge in [0.1, 0.15) is 11.6 Å². The van der Waals surface area contributed by atoms with Gasteiger partial charge >= 0.3 is 11.9 Å². The van der Waals surface area contributed by atoms with Gasteiger partial charge in [-0.3, -0.25) is 0 Å². The van der Waals surface area contributed by atoms with Gasteiger partial charge in [-0.1, -0.05) is 19.3 Å². The highest BCUT2D eigenvalue weighted by Crippen LogP contribution is 2.25. The summed E-state index contributed by atoms with van der Waals surface area (Å²) in [4.78, 5) is 25.4. The third-order valence-corrected chi connectivity index (χ3v) is 6.40. The van der Waals surface area contributed by atoms with E-state index in [0.717, 1.165) is 37.0 Å². The number of allylic oxidation sites excluding steroid dienone is 2. The van der Waals surface area contributed by atoms with Crippen LogP contribution in [0.15, 0.2) is 23.1 Å². The zero-order chi connectivity index (χ0) is 17.5. The van der Waals surface area contributed by atoms with Gasteiger partial charge in [-0.15, -0.1) is 0 Å². The summed E-state index contributed by atoms with van der Waals surface area (Å²) in [5.74, 6) is -1.16. The third kappa shape index (κ3) is 2.95. The number of imide groups is 1. The Morgan fingerprint density at radius 2 is 1.83 bits per heavy atom. The van der Waals surface area contributed by atoms with Gasteiger partial charge in [0.05, 0.1) is 19.0 Å². The summed E-state index contributed by atoms with van der Waals surface area (Å²) in [6, 6.07) is -0.464. The molecule has 8 heteroatoms. The lowest BCUT2D eigenvalue weighted by Crippen LogP contribution is -2.51. The van der Waals surface area contributed by atoms with Crippen molar-refractivity contribution in [2.75, 3.05) is 14.1 Å².